The highest BCUT2D eigenvalue weighted by atomic mass is 19.1. The van der Waals surface area contributed by atoms with E-state index in [1.54, 1.807) is 12.1 Å². The van der Waals surface area contributed by atoms with Gasteiger partial charge in [0.15, 0.2) is 0 Å². The molecule has 0 radical (unpaired) electrons. The summed E-state index contributed by atoms with van der Waals surface area (Å²) in [5, 5.41) is 15.3. The van der Waals surface area contributed by atoms with E-state index in [1.165, 1.54) is 17.7 Å². The normalized spacial score (nSPS) is 21.0. The van der Waals surface area contributed by atoms with Crippen LogP contribution in [-0.4, -0.2) is 48.4 Å². The van der Waals surface area contributed by atoms with Crippen molar-refractivity contribution in [2.45, 2.75) is 19.5 Å². The zero-order chi connectivity index (χ0) is 20.0. The summed E-state index contributed by atoms with van der Waals surface area (Å²) in [6.45, 7) is 3.59. The number of nitrogens with zero attached hydrogens (tertiary/aromatic N) is 6. The first-order chi connectivity index (χ1) is 14.0. The van der Waals surface area contributed by atoms with E-state index in [0.29, 0.717) is 17.5 Å². The monoisotopic (exact) mass is 395 g/mol. The smallest absolute Gasteiger partial charge is 0.293 e. The Morgan fingerprint density at radius 3 is 2.90 bits per heavy atom. The van der Waals surface area contributed by atoms with Gasteiger partial charge in [-0.1, -0.05) is 6.07 Å². The number of carbonyl (C=O) groups is 1. The molecule has 4 heterocycles. The Balaban J connectivity index is 1.28. The van der Waals surface area contributed by atoms with Gasteiger partial charge >= 0.3 is 0 Å². The number of halogens is 1. The van der Waals surface area contributed by atoms with Crippen LogP contribution in [0.1, 0.15) is 22.0 Å². The lowest BCUT2D eigenvalue weighted by atomic mass is 9.89. The zero-order valence-corrected chi connectivity index (χ0v) is 16.1. The van der Waals surface area contributed by atoms with Crippen LogP contribution in [0, 0.1) is 17.7 Å². The maximum Gasteiger partial charge on any atom is 0.293 e. The minimum Gasteiger partial charge on any atom is -0.319 e. The van der Waals surface area contributed by atoms with Crippen molar-refractivity contribution in [2.24, 2.45) is 18.9 Å². The van der Waals surface area contributed by atoms with Crippen molar-refractivity contribution >= 4 is 11.6 Å². The van der Waals surface area contributed by atoms with E-state index in [9.17, 15) is 9.18 Å². The van der Waals surface area contributed by atoms with E-state index < -0.39 is 5.82 Å². The quantitative estimate of drug-likeness (QED) is 0.727. The minimum atomic E-state index is -0.395. The molecular formula is C20H22FN7O. The number of aryl methyl sites for hydroxylation is 1. The number of hydrogen-bond acceptors (Lipinski definition) is 5. The second-order valence-electron chi connectivity index (χ2n) is 7.96. The van der Waals surface area contributed by atoms with Gasteiger partial charge in [-0.25, -0.2) is 4.39 Å². The fourth-order valence-electron chi connectivity index (χ4n) is 4.48. The van der Waals surface area contributed by atoms with Gasteiger partial charge in [-0.15, -0.1) is 10.2 Å². The third-order valence-electron chi connectivity index (χ3n) is 5.79. The molecule has 0 bridgehead atoms. The Bertz CT molecular complexity index is 1060. The first-order valence-electron chi connectivity index (χ1n) is 9.74. The summed E-state index contributed by atoms with van der Waals surface area (Å²) in [5.74, 6) is 1.34. The molecular weight excluding hydrogens is 373 g/mol. The van der Waals surface area contributed by atoms with Crippen molar-refractivity contribution in [3.8, 4) is 0 Å². The lowest BCUT2D eigenvalue weighted by Gasteiger charge is -2.25. The lowest BCUT2D eigenvalue weighted by Crippen LogP contribution is -2.31. The van der Waals surface area contributed by atoms with Gasteiger partial charge in [0, 0.05) is 57.1 Å². The van der Waals surface area contributed by atoms with E-state index in [2.05, 4.69) is 25.5 Å². The molecule has 9 heteroatoms. The average Bonchev–Trinajstić information content (AvgIpc) is 3.37. The van der Waals surface area contributed by atoms with Crippen molar-refractivity contribution in [1.29, 1.82) is 0 Å². The molecule has 1 N–H and O–H groups in total. The SMILES string of the molecule is Cn1cc(CN2C[C@H]3Cc4nnc(C(=O)Nc5cccc(F)c5)n4C[C@@H]3C2)cn1. The predicted molar refractivity (Wildman–Crippen MR) is 104 cm³/mol. The Kier molecular flexibility index (Phi) is 4.39. The molecule has 5 rings (SSSR count). The number of anilines is 1. The van der Waals surface area contributed by atoms with E-state index in [-0.39, 0.29) is 11.7 Å². The van der Waals surface area contributed by atoms with Crippen molar-refractivity contribution < 1.29 is 9.18 Å². The summed E-state index contributed by atoms with van der Waals surface area (Å²) in [6.07, 6.45) is 4.77. The number of nitrogens with one attached hydrogen (secondary N) is 1. The Morgan fingerprint density at radius 1 is 1.24 bits per heavy atom. The molecule has 2 aromatic heterocycles. The summed E-state index contributed by atoms with van der Waals surface area (Å²) in [7, 11) is 1.93. The Hall–Kier alpha value is -3.07. The van der Waals surface area contributed by atoms with Gasteiger partial charge in [0.25, 0.3) is 5.91 Å². The molecule has 0 aliphatic carbocycles. The molecule has 2 aliphatic heterocycles. The third kappa shape index (κ3) is 3.53. The summed E-state index contributed by atoms with van der Waals surface area (Å²) < 4.78 is 17.1. The number of rotatable bonds is 4. The van der Waals surface area contributed by atoms with Crippen LogP contribution in [0.4, 0.5) is 10.1 Å². The highest BCUT2D eigenvalue weighted by molar-refractivity contribution is 6.01. The fraction of sp³-hybridized carbons (Fsp3) is 0.400. The van der Waals surface area contributed by atoms with Gasteiger partial charge in [-0.05, 0) is 30.0 Å². The standard InChI is InChI=1S/C20H22FN7O/c1-26-8-13(7-22-26)9-27-10-14-5-18-24-25-19(28(18)12-15(14)11-27)20(29)23-17-4-2-3-16(21)6-17/h2-4,6-8,14-15H,5,9-12H2,1H3,(H,23,29)/t14-,15+/m1/s1. The van der Waals surface area contributed by atoms with Gasteiger partial charge in [0.2, 0.25) is 5.82 Å². The van der Waals surface area contributed by atoms with E-state index in [0.717, 1.165) is 38.4 Å². The van der Waals surface area contributed by atoms with Crippen LogP contribution in [0.15, 0.2) is 36.7 Å². The van der Waals surface area contributed by atoms with Crippen molar-refractivity contribution in [2.75, 3.05) is 18.4 Å². The van der Waals surface area contributed by atoms with Crippen LogP contribution in [0.3, 0.4) is 0 Å². The van der Waals surface area contributed by atoms with Gasteiger partial charge in [0.1, 0.15) is 11.6 Å². The van der Waals surface area contributed by atoms with Gasteiger partial charge in [-0.3, -0.25) is 14.4 Å². The summed E-state index contributed by atoms with van der Waals surface area (Å²) >= 11 is 0. The summed E-state index contributed by atoms with van der Waals surface area (Å²) in [6, 6.07) is 5.84. The number of aromatic nitrogens is 5. The van der Waals surface area contributed by atoms with Gasteiger partial charge in [-0.2, -0.15) is 5.10 Å². The first-order valence-corrected chi connectivity index (χ1v) is 9.74. The van der Waals surface area contributed by atoms with Gasteiger partial charge in [0.05, 0.1) is 6.20 Å². The molecule has 0 spiro atoms. The van der Waals surface area contributed by atoms with Crippen molar-refractivity contribution in [3.63, 3.8) is 0 Å². The summed E-state index contributed by atoms with van der Waals surface area (Å²) in [4.78, 5) is 15.1. The Morgan fingerprint density at radius 2 is 2.10 bits per heavy atom. The maximum absolute atomic E-state index is 13.4. The molecule has 0 unspecified atom stereocenters. The minimum absolute atomic E-state index is 0.286. The average molecular weight is 395 g/mol. The molecule has 2 aliphatic rings. The number of carbonyl (C=O) groups excluding carboxylic acids is 1. The molecule has 3 aromatic rings. The summed E-state index contributed by atoms with van der Waals surface area (Å²) in [5.41, 5.74) is 1.62. The zero-order valence-electron chi connectivity index (χ0n) is 16.1. The topological polar surface area (TPSA) is 80.9 Å². The largest absolute Gasteiger partial charge is 0.319 e. The molecule has 1 amide bonds. The van der Waals surface area contributed by atoms with E-state index >= 15 is 0 Å². The number of amides is 1. The van der Waals surface area contributed by atoms with Crippen LogP contribution in [-0.2, 0) is 26.6 Å². The third-order valence-corrected chi connectivity index (χ3v) is 5.79. The number of benzene rings is 1. The Labute approximate surface area is 167 Å². The maximum atomic E-state index is 13.4. The van der Waals surface area contributed by atoms with E-state index in [1.807, 2.05) is 28.7 Å². The lowest BCUT2D eigenvalue weighted by molar-refractivity contribution is 0.100. The molecule has 29 heavy (non-hydrogen) atoms. The van der Waals surface area contributed by atoms with Crippen LogP contribution in [0.25, 0.3) is 0 Å². The fourth-order valence-corrected chi connectivity index (χ4v) is 4.48. The van der Waals surface area contributed by atoms with E-state index in [4.69, 9.17) is 0 Å². The van der Waals surface area contributed by atoms with Crippen LogP contribution in [0.2, 0.25) is 0 Å². The highest BCUT2D eigenvalue weighted by Gasteiger charge is 2.39. The molecule has 150 valence electrons. The van der Waals surface area contributed by atoms with Crippen molar-refractivity contribution in [1.82, 2.24) is 29.4 Å². The second-order valence-corrected chi connectivity index (χ2v) is 7.96. The molecule has 2 atom stereocenters. The molecule has 1 fully saturated rings. The molecule has 8 nitrogen and oxygen atoms in total. The highest BCUT2D eigenvalue weighted by Crippen LogP contribution is 2.33. The van der Waals surface area contributed by atoms with Gasteiger partial charge < -0.3 is 9.88 Å². The number of hydrogen-bond donors (Lipinski definition) is 1. The van der Waals surface area contributed by atoms with Crippen LogP contribution in [0.5, 0.6) is 0 Å². The molecule has 1 aromatic carbocycles. The second kappa shape index (κ2) is 7.07. The molecule has 1 saturated heterocycles. The van der Waals surface area contributed by atoms with Crippen molar-refractivity contribution in [3.05, 3.63) is 59.7 Å². The first kappa shape index (κ1) is 18.0. The van der Waals surface area contributed by atoms with Crippen LogP contribution < -0.4 is 5.32 Å². The molecule has 0 saturated carbocycles. The number of likely N-dealkylation sites (tertiary alicyclic amines) is 1. The predicted octanol–water partition coefficient (Wildman–Crippen LogP) is 1.71. The number of fused-ring (bicyclic) bond motifs is 2. The van der Waals surface area contributed by atoms with Crippen LogP contribution >= 0.6 is 0 Å².